The van der Waals surface area contributed by atoms with Crippen LogP contribution in [0, 0.1) is 0 Å². The molecule has 0 saturated heterocycles. The lowest BCUT2D eigenvalue weighted by atomic mass is 10.1. The van der Waals surface area contributed by atoms with Crippen molar-refractivity contribution in [3.05, 3.63) is 0 Å². The van der Waals surface area contributed by atoms with E-state index in [9.17, 15) is 4.79 Å². The predicted octanol–water partition coefficient (Wildman–Crippen LogP) is 5.08. The number of alkyl halides is 1. The second-order valence-electron chi connectivity index (χ2n) is 4.84. The largest absolute Gasteiger partial charge is 0.466 e. The van der Waals surface area contributed by atoms with Crippen LogP contribution in [0.2, 0.25) is 0 Å². The maximum atomic E-state index is 11.2. The Morgan fingerprint density at radius 3 is 2.00 bits per heavy atom. The molecule has 0 amide bonds. The third-order valence-electron chi connectivity index (χ3n) is 3.03. The van der Waals surface area contributed by atoms with Crippen molar-refractivity contribution < 1.29 is 9.53 Å². The summed E-state index contributed by atoms with van der Waals surface area (Å²) in [6, 6.07) is 0. The Hall–Kier alpha value is -0.240. The Balaban J connectivity index is 3.04. The van der Waals surface area contributed by atoms with Gasteiger partial charge in [0.05, 0.1) is 6.61 Å². The summed E-state index contributed by atoms with van der Waals surface area (Å²) < 4.78 is 5.11. The summed E-state index contributed by atoms with van der Waals surface area (Å²) in [5, 5.41) is 0. The van der Waals surface area contributed by atoms with E-state index in [0.717, 1.165) is 12.8 Å². The fourth-order valence-electron chi connectivity index (χ4n) is 1.88. The fourth-order valence-corrected chi connectivity index (χ4v) is 2.02. The molecule has 0 bridgehead atoms. The maximum absolute atomic E-state index is 11.2. The molecule has 0 N–H and O–H groups in total. The molecule has 0 heterocycles. The summed E-state index contributed by atoms with van der Waals surface area (Å²) in [5.41, 5.74) is 0. The Labute approximate surface area is 117 Å². The molecular weight excluding hydrogens is 248 g/mol. The number of hydrogen-bond acceptors (Lipinski definition) is 2. The van der Waals surface area contributed by atoms with Crippen molar-refractivity contribution in [2.24, 2.45) is 0 Å². The summed E-state index contributed by atoms with van der Waals surface area (Å²) in [6.45, 7) is 2.82. The summed E-state index contributed by atoms with van der Waals surface area (Å²) >= 11 is 5.50. The number of esters is 1. The van der Waals surface area contributed by atoms with Crippen molar-refractivity contribution in [1.82, 2.24) is 0 Å². The van der Waals surface area contributed by atoms with Gasteiger partial charge in [0.15, 0.2) is 0 Å². The Morgan fingerprint density at radius 2 is 1.44 bits per heavy atom. The zero-order valence-electron chi connectivity index (χ0n) is 11.9. The molecule has 108 valence electrons. The first kappa shape index (κ1) is 17.8. The van der Waals surface area contributed by atoms with Crippen molar-refractivity contribution in [3.8, 4) is 0 Å². The highest BCUT2D eigenvalue weighted by Crippen LogP contribution is 2.09. The zero-order valence-corrected chi connectivity index (χ0v) is 12.6. The van der Waals surface area contributed by atoms with Gasteiger partial charge in [0.2, 0.25) is 0 Å². The van der Waals surface area contributed by atoms with Crippen LogP contribution < -0.4 is 0 Å². The summed E-state index contributed by atoms with van der Waals surface area (Å²) in [7, 11) is 0. The van der Waals surface area contributed by atoms with Gasteiger partial charge in [-0.05, 0) is 12.8 Å². The molecular formula is C15H29ClO2. The second-order valence-corrected chi connectivity index (χ2v) is 5.22. The third-order valence-corrected chi connectivity index (χ3v) is 3.29. The minimum atomic E-state index is -0.102. The van der Waals surface area contributed by atoms with Gasteiger partial charge in [0.1, 0.15) is 0 Å². The monoisotopic (exact) mass is 276 g/mol. The normalized spacial score (nSPS) is 10.6. The molecule has 0 saturated carbocycles. The van der Waals surface area contributed by atoms with Crippen LogP contribution in [0.5, 0.6) is 0 Å². The van der Waals surface area contributed by atoms with Crippen molar-refractivity contribution in [1.29, 1.82) is 0 Å². The van der Waals surface area contributed by atoms with E-state index in [1.165, 1.54) is 51.4 Å². The second kappa shape index (κ2) is 14.8. The average Bonchev–Trinajstić information content (AvgIpc) is 2.38. The first-order chi connectivity index (χ1) is 8.81. The first-order valence-electron chi connectivity index (χ1n) is 7.52. The summed E-state index contributed by atoms with van der Waals surface area (Å²) in [4.78, 5) is 11.2. The van der Waals surface area contributed by atoms with Gasteiger partial charge in [-0.1, -0.05) is 58.3 Å². The number of rotatable bonds is 13. The van der Waals surface area contributed by atoms with E-state index in [1.54, 1.807) is 0 Å². The Morgan fingerprint density at radius 1 is 0.889 bits per heavy atom. The molecule has 0 aliphatic heterocycles. The standard InChI is InChI=1S/C15H29ClO2/c1-2-3-4-5-6-7-8-9-10-14-18-15(17)12-11-13-16/h2-14H2,1H3. The van der Waals surface area contributed by atoms with E-state index in [2.05, 4.69) is 6.92 Å². The number of unbranched alkanes of at least 4 members (excludes halogenated alkanes) is 8. The molecule has 0 aliphatic carbocycles. The molecule has 0 aliphatic rings. The van der Waals surface area contributed by atoms with Crippen LogP contribution in [0.25, 0.3) is 0 Å². The number of hydrogen-bond donors (Lipinski definition) is 0. The number of carbonyl (C=O) groups is 1. The van der Waals surface area contributed by atoms with E-state index >= 15 is 0 Å². The van der Waals surface area contributed by atoms with Gasteiger partial charge in [-0.2, -0.15) is 0 Å². The summed E-state index contributed by atoms with van der Waals surface area (Å²) in [6.07, 6.45) is 12.8. The molecule has 0 unspecified atom stereocenters. The first-order valence-corrected chi connectivity index (χ1v) is 8.06. The average molecular weight is 277 g/mol. The molecule has 0 aromatic rings. The van der Waals surface area contributed by atoms with Gasteiger partial charge in [-0.3, -0.25) is 4.79 Å². The minimum absolute atomic E-state index is 0.102. The van der Waals surface area contributed by atoms with Gasteiger partial charge >= 0.3 is 5.97 Å². The summed E-state index contributed by atoms with van der Waals surface area (Å²) in [5.74, 6) is 0.433. The van der Waals surface area contributed by atoms with Crippen molar-refractivity contribution in [2.45, 2.75) is 77.6 Å². The van der Waals surface area contributed by atoms with Crippen LogP contribution in [-0.2, 0) is 9.53 Å². The van der Waals surface area contributed by atoms with Crippen LogP contribution in [0.3, 0.4) is 0 Å². The quantitative estimate of drug-likeness (QED) is 0.266. The molecule has 0 fully saturated rings. The minimum Gasteiger partial charge on any atom is -0.466 e. The predicted molar refractivity (Wildman–Crippen MR) is 78.1 cm³/mol. The third kappa shape index (κ3) is 13.8. The van der Waals surface area contributed by atoms with Gasteiger partial charge < -0.3 is 4.74 Å². The topological polar surface area (TPSA) is 26.3 Å². The van der Waals surface area contributed by atoms with E-state index in [0.29, 0.717) is 18.9 Å². The van der Waals surface area contributed by atoms with Crippen LogP contribution in [0.4, 0.5) is 0 Å². The van der Waals surface area contributed by atoms with Crippen LogP contribution >= 0.6 is 11.6 Å². The van der Waals surface area contributed by atoms with Crippen LogP contribution in [0.15, 0.2) is 0 Å². The number of halogens is 1. The Bertz CT molecular complexity index is 183. The Kier molecular flexibility index (Phi) is 14.6. The molecule has 0 spiro atoms. The van der Waals surface area contributed by atoms with Crippen molar-refractivity contribution in [3.63, 3.8) is 0 Å². The fraction of sp³-hybridized carbons (Fsp3) is 0.933. The maximum Gasteiger partial charge on any atom is 0.305 e. The SMILES string of the molecule is CCCCCCCCCCCOC(=O)CCCCl. The lowest BCUT2D eigenvalue weighted by molar-refractivity contribution is -0.143. The van der Waals surface area contributed by atoms with E-state index in [-0.39, 0.29) is 5.97 Å². The van der Waals surface area contributed by atoms with Crippen LogP contribution in [0.1, 0.15) is 77.6 Å². The van der Waals surface area contributed by atoms with E-state index < -0.39 is 0 Å². The van der Waals surface area contributed by atoms with Crippen LogP contribution in [-0.4, -0.2) is 18.5 Å². The highest BCUT2D eigenvalue weighted by Gasteiger charge is 2.01. The molecule has 0 aromatic heterocycles. The van der Waals surface area contributed by atoms with Gasteiger partial charge in [-0.25, -0.2) is 0 Å². The molecule has 0 rings (SSSR count). The molecule has 0 atom stereocenters. The molecule has 0 radical (unpaired) electrons. The highest BCUT2D eigenvalue weighted by atomic mass is 35.5. The zero-order chi connectivity index (χ0) is 13.5. The van der Waals surface area contributed by atoms with Gasteiger partial charge in [0, 0.05) is 12.3 Å². The highest BCUT2D eigenvalue weighted by molar-refractivity contribution is 6.17. The lowest BCUT2D eigenvalue weighted by Crippen LogP contribution is -2.05. The van der Waals surface area contributed by atoms with Crippen molar-refractivity contribution in [2.75, 3.05) is 12.5 Å². The number of ether oxygens (including phenoxy) is 1. The lowest BCUT2D eigenvalue weighted by Gasteiger charge is -2.04. The molecule has 2 nitrogen and oxygen atoms in total. The molecule has 3 heteroatoms. The van der Waals surface area contributed by atoms with Crippen molar-refractivity contribution >= 4 is 17.6 Å². The van der Waals surface area contributed by atoms with E-state index in [4.69, 9.17) is 16.3 Å². The van der Waals surface area contributed by atoms with Gasteiger partial charge in [0.25, 0.3) is 0 Å². The number of carbonyl (C=O) groups excluding carboxylic acids is 1. The van der Waals surface area contributed by atoms with Gasteiger partial charge in [-0.15, -0.1) is 11.6 Å². The van der Waals surface area contributed by atoms with E-state index in [1.807, 2.05) is 0 Å². The molecule has 0 aromatic carbocycles. The molecule has 18 heavy (non-hydrogen) atoms. The smallest absolute Gasteiger partial charge is 0.305 e.